The highest BCUT2D eigenvalue weighted by molar-refractivity contribution is 7.91. The number of fused-ring (bicyclic) bond motifs is 12. The molecule has 5 unspecified atom stereocenters. The molecule has 774 valence electrons. The van der Waals surface area contributed by atoms with Gasteiger partial charge in [-0.05, 0) is 144 Å². The molecule has 0 amide bonds. The molecule has 147 heavy (non-hydrogen) atoms. The van der Waals surface area contributed by atoms with Gasteiger partial charge in [0, 0.05) is 168 Å². The first kappa shape index (κ1) is 101. The van der Waals surface area contributed by atoms with Gasteiger partial charge in [0.1, 0.15) is 22.8 Å². The van der Waals surface area contributed by atoms with E-state index in [9.17, 15) is 88.0 Å². The summed E-state index contributed by atoms with van der Waals surface area (Å²) in [6, 6.07) is 6.52. The molecule has 0 radical (unpaired) electrons. The van der Waals surface area contributed by atoms with Crippen LogP contribution in [0.1, 0.15) is 188 Å². The number of aliphatic imine (C=N–C) groups is 4. The van der Waals surface area contributed by atoms with Crippen LogP contribution in [-0.2, 0) is 107 Å². The largest absolute Gasteiger partial charge is 0.463 e. The second kappa shape index (κ2) is 38.2. The topological polar surface area (TPSA) is 404 Å². The zero-order valence-electron chi connectivity index (χ0n) is 78.2. The number of rotatable bonds is 24. The summed E-state index contributed by atoms with van der Waals surface area (Å²) in [7, 11) is -14.2. The maximum atomic E-state index is 16.1. The number of aromatic nitrogens is 4. The average molecular weight is 2190 g/mol. The van der Waals surface area contributed by atoms with Crippen LogP contribution in [0.25, 0.3) is 11.9 Å². The van der Waals surface area contributed by atoms with Crippen LogP contribution in [0.2, 0.25) is 0 Å². The van der Waals surface area contributed by atoms with Gasteiger partial charge in [-0.2, -0.15) is 0 Å². The number of hydrogen-bond acceptors (Lipinski definition) is 32. The summed E-state index contributed by atoms with van der Waals surface area (Å²) in [6.07, 6.45) is 12.6. The van der Waals surface area contributed by atoms with E-state index in [-0.39, 0.29) is 146 Å². The molecule has 12 heterocycles. The van der Waals surface area contributed by atoms with Crippen molar-refractivity contribution in [2.24, 2.45) is 20.0 Å². The van der Waals surface area contributed by atoms with E-state index < -0.39 is 219 Å². The lowest BCUT2D eigenvalue weighted by atomic mass is 9.81. The lowest BCUT2D eigenvalue weighted by Crippen LogP contribution is -2.44. The summed E-state index contributed by atoms with van der Waals surface area (Å²) in [4.78, 5) is 97.4. The predicted molar refractivity (Wildman–Crippen MR) is 517 cm³/mol. The third-order valence-corrected chi connectivity index (χ3v) is 39.3. The fourth-order valence-corrected chi connectivity index (χ4v) is 30.3. The number of benzene rings is 4. The predicted octanol–water partition coefficient (Wildman–Crippen LogP) is 13.2. The smallest absolute Gasteiger partial charge is 0.339 e. The first-order valence-electron chi connectivity index (χ1n) is 47.3. The first-order valence-corrected chi connectivity index (χ1v) is 57.0. The van der Waals surface area contributed by atoms with Crippen molar-refractivity contribution in [1.29, 1.82) is 0 Å². The second-order valence-electron chi connectivity index (χ2n) is 37.4. The van der Waals surface area contributed by atoms with E-state index >= 15 is 13.2 Å². The molecule has 8 fully saturated rings. The number of carbonyl (C=O) groups is 4. The molecule has 8 aliphatic carbocycles. The Labute approximate surface area is 850 Å². The van der Waals surface area contributed by atoms with Gasteiger partial charge in [0.2, 0.25) is 40.1 Å². The molecular weight excluding hydrogens is 2100 g/mol. The number of amidine groups is 4. The van der Waals surface area contributed by atoms with Crippen LogP contribution in [0.4, 0.5) is 48.3 Å². The maximum absolute atomic E-state index is 16.1. The van der Waals surface area contributed by atoms with Gasteiger partial charge >= 0.3 is 23.9 Å². The van der Waals surface area contributed by atoms with Crippen LogP contribution >= 0.6 is 45.3 Å². The van der Waals surface area contributed by atoms with E-state index in [1.165, 1.54) is 76.3 Å². The molecule has 0 bridgehead atoms. The number of thiazole rings is 4. The molecule has 24 rings (SSSR count). The Bertz CT molecular complexity index is 7680. The molecule has 4 saturated carbocycles. The minimum atomic E-state index is -3.64. The Morgan fingerprint density at radius 2 is 0.755 bits per heavy atom. The maximum Gasteiger partial charge on any atom is 0.339 e. The zero-order valence-corrected chi connectivity index (χ0v) is 84.7. The molecule has 8 aromatic rings. The fourth-order valence-electron chi connectivity index (χ4n) is 21.4. The number of ether oxygens (including phenoxy) is 4. The quantitative estimate of drug-likeness (QED) is 0.0248. The minimum Gasteiger partial charge on any atom is -0.463 e. The lowest BCUT2D eigenvalue weighted by molar-refractivity contribution is -0.140. The van der Waals surface area contributed by atoms with Gasteiger partial charge < -0.3 is 38.5 Å². The molecule has 8 aliphatic heterocycles. The first-order chi connectivity index (χ1) is 70.3. The van der Waals surface area contributed by atoms with Crippen molar-refractivity contribution >= 4 is 145 Å². The summed E-state index contributed by atoms with van der Waals surface area (Å²) in [5.41, 5.74) is -6.16. The molecule has 9 atom stereocenters. The number of nitrogens with one attached hydrogen (secondary N) is 4. The van der Waals surface area contributed by atoms with E-state index in [0.717, 1.165) is 35.6 Å². The van der Waals surface area contributed by atoms with Gasteiger partial charge in [0.25, 0.3) is 0 Å². The van der Waals surface area contributed by atoms with Gasteiger partial charge in [-0.1, -0.05) is 30.3 Å². The van der Waals surface area contributed by atoms with E-state index in [0.29, 0.717) is 118 Å². The molecular formula is C96H89F11N16O16S8. The van der Waals surface area contributed by atoms with Crippen molar-refractivity contribution in [3.63, 3.8) is 0 Å². The standard InChI is InChI=1S/C24H20F4N4O4S2.C24H23F3N4O4S2.C24H24F2N4O4S2.C24H22F2N4O4S2/c1-2-36-23(33)17-15-9-11(31-38(34,35)12-3-4-12)10-32(15)21(22-29-7-8-37-22)30-24(17)13-5-6-14(25)18(26)16(13)19(27)20(24)28;1-2-35-23(32)19-17-9-12(30-37(33,34)13-3-4-13)11-31(17)21(22-28-7-8-36-22)29-24(19)10-16(26)18-14(24)5-6-15(25)20(18)27;2*1-2-34-23(31)19-18-11-13(29-36(32,33)14-3-4-14)12-30(18)21(22-27-9-10-35-22)28-24(19)8-7-15-16(24)5-6-17(25)20(15)26/h5-8,11-12,31H,2-4,9-10H2,1H3;5-8,12-13,16,30H,2-4,9-11H2,1H3;5-6,9-10,13-14,29H,2-4,7-8,11-12H2,1H3;5-10,13-14,29H,2-4,11-12H2,1H3/t11-,24?;12-,16?,24?;2*13-,24?/m0000/s1. The molecule has 4 aromatic carbocycles. The summed E-state index contributed by atoms with van der Waals surface area (Å²) in [5.74, 6) is -14.5. The Morgan fingerprint density at radius 3 is 1.17 bits per heavy atom. The van der Waals surface area contributed by atoms with Crippen LogP contribution in [0.3, 0.4) is 0 Å². The summed E-state index contributed by atoms with van der Waals surface area (Å²) in [5, 5.41) is 7.12. The van der Waals surface area contributed by atoms with Crippen LogP contribution in [0.15, 0.2) is 172 Å². The zero-order chi connectivity index (χ0) is 104. The van der Waals surface area contributed by atoms with Crippen LogP contribution in [0.5, 0.6) is 0 Å². The van der Waals surface area contributed by atoms with Crippen molar-refractivity contribution in [1.82, 2.24) is 58.4 Å². The third kappa shape index (κ3) is 17.5. The van der Waals surface area contributed by atoms with Crippen molar-refractivity contribution < 1.29 is 120 Å². The molecule has 16 aliphatic rings. The Hall–Kier alpha value is -11.5. The van der Waals surface area contributed by atoms with Crippen molar-refractivity contribution in [2.45, 2.75) is 198 Å². The van der Waals surface area contributed by atoms with Gasteiger partial charge in [0.15, 0.2) is 107 Å². The van der Waals surface area contributed by atoms with Gasteiger partial charge in [0.05, 0.1) is 75.3 Å². The molecule has 51 heteroatoms. The lowest BCUT2D eigenvalue weighted by Gasteiger charge is -2.38. The highest BCUT2D eigenvalue weighted by Gasteiger charge is 2.63. The number of nitrogens with zero attached hydrogens (tertiary/aromatic N) is 12. The van der Waals surface area contributed by atoms with Crippen LogP contribution < -0.4 is 18.9 Å². The molecule has 4 spiro atoms. The number of halogens is 11. The minimum absolute atomic E-state index is 0.00943. The summed E-state index contributed by atoms with van der Waals surface area (Å²) in [6.45, 7) is 7.34. The van der Waals surface area contributed by atoms with E-state index in [1.807, 2.05) is 4.90 Å². The molecule has 4 N–H and O–H groups in total. The van der Waals surface area contributed by atoms with Crippen molar-refractivity contribution in [2.75, 3.05) is 52.6 Å². The Morgan fingerprint density at radius 1 is 0.408 bits per heavy atom. The second-order valence-corrected chi connectivity index (χ2v) is 48.9. The van der Waals surface area contributed by atoms with Crippen molar-refractivity contribution in [3.05, 3.63) is 263 Å². The van der Waals surface area contributed by atoms with Gasteiger partial charge in [-0.15, -0.1) is 45.3 Å². The van der Waals surface area contributed by atoms with E-state index in [2.05, 4.69) is 43.8 Å². The van der Waals surface area contributed by atoms with E-state index in [1.54, 1.807) is 76.8 Å². The van der Waals surface area contributed by atoms with Crippen LogP contribution in [-0.4, -0.2) is 218 Å². The highest BCUT2D eigenvalue weighted by Crippen LogP contribution is 2.62. The highest BCUT2D eigenvalue weighted by atomic mass is 32.2. The summed E-state index contributed by atoms with van der Waals surface area (Å²) < 4.78 is 297. The SMILES string of the molecule is CCOC(=O)C1=C2C[C@H](NS(=O)(=O)C3CC3)CN2C(c2nccs2)=NC12C(F)=C(F)c1c2ccc(F)c1F.CCOC(=O)C1=C2C[C@H](NS(=O)(=O)C3CC3)CN2C(c2nccs2)=NC12C=Cc1c2ccc(F)c1F.CCOC(=O)C1=C2C[C@H](NS(=O)(=O)C3CC3)CN2C(c2nccs2)=NC12CC(F)c1c2ccc(F)c1F.CCOC(=O)C1=C2C[C@H](NS(=O)(=O)C3CC3)CN2C(c2nccs2)=NC12CCc1c2ccc(F)c1F. The Kier molecular flexibility index (Phi) is 26.3. The number of esters is 4. The van der Waals surface area contributed by atoms with Gasteiger partial charge in [-0.25, -0.2) is 160 Å². The number of carbonyl (C=O) groups excluding carboxylic acids is 4. The molecule has 4 saturated heterocycles. The molecule has 4 aromatic heterocycles. The number of alkyl halides is 1. The number of sulfonamides is 4. The Balaban J connectivity index is 0.000000115. The number of hydrogen-bond donors (Lipinski definition) is 4. The fraction of sp³-hybridized carbons (Fsp3) is 0.417. The third-order valence-electron chi connectivity index (χ3n) is 28.2. The normalized spacial score (nSPS) is 25.4. The van der Waals surface area contributed by atoms with Gasteiger partial charge in [-0.3, -0.25) is 0 Å². The van der Waals surface area contributed by atoms with Crippen LogP contribution in [0, 0.1) is 46.5 Å². The van der Waals surface area contributed by atoms with E-state index in [4.69, 9.17) is 33.9 Å². The summed E-state index contributed by atoms with van der Waals surface area (Å²) >= 11 is 5.10. The monoisotopic (exact) mass is 2190 g/mol. The molecule has 32 nitrogen and oxygen atoms in total. The van der Waals surface area contributed by atoms with Crippen molar-refractivity contribution in [3.8, 4) is 0 Å². The average Bonchev–Trinajstić information content (AvgIpc) is 1.53.